The fraction of sp³-hybridized carbons (Fsp3) is 0.478. The van der Waals surface area contributed by atoms with Gasteiger partial charge in [-0.2, -0.15) is 5.10 Å². The van der Waals surface area contributed by atoms with E-state index in [-0.39, 0.29) is 17.1 Å². The van der Waals surface area contributed by atoms with Gasteiger partial charge in [-0.25, -0.2) is 9.07 Å². The SMILES string of the molecule is CCCC(=O)NCC1CCCC2=Cc3c(cnn3-c3ccc(F)cc3)CC21C. The molecule has 1 saturated carbocycles. The highest BCUT2D eigenvalue weighted by molar-refractivity contribution is 5.75. The molecule has 4 rings (SSSR count). The standard InChI is InChI=1S/C23H28FN3O/c1-3-5-22(28)25-15-18-7-4-6-17-12-21-16(13-23(17,18)2)14-26-27(21)20-10-8-19(24)9-11-20/h8-12,14,18H,3-7,13,15H2,1-2H3,(H,25,28). The van der Waals surface area contributed by atoms with Crippen molar-refractivity contribution in [3.63, 3.8) is 0 Å². The van der Waals surface area contributed by atoms with E-state index in [0.717, 1.165) is 50.0 Å². The third-order valence-corrected chi connectivity index (χ3v) is 6.48. The monoisotopic (exact) mass is 381 g/mol. The third-order valence-electron chi connectivity index (χ3n) is 6.48. The van der Waals surface area contributed by atoms with Crippen LogP contribution in [-0.4, -0.2) is 22.2 Å². The van der Waals surface area contributed by atoms with Gasteiger partial charge in [0.2, 0.25) is 5.91 Å². The van der Waals surface area contributed by atoms with E-state index in [1.165, 1.54) is 23.3 Å². The number of amides is 1. The molecule has 28 heavy (non-hydrogen) atoms. The van der Waals surface area contributed by atoms with Crippen molar-refractivity contribution in [3.8, 4) is 5.69 Å². The minimum Gasteiger partial charge on any atom is -0.356 e. The van der Waals surface area contributed by atoms with Crippen LogP contribution in [0.25, 0.3) is 11.8 Å². The van der Waals surface area contributed by atoms with Crippen LogP contribution in [0.15, 0.2) is 36.0 Å². The number of aromatic nitrogens is 2. The van der Waals surface area contributed by atoms with Crippen molar-refractivity contribution in [2.45, 2.75) is 52.4 Å². The van der Waals surface area contributed by atoms with Crippen molar-refractivity contribution in [3.05, 3.63) is 53.1 Å². The van der Waals surface area contributed by atoms with Gasteiger partial charge in [-0.05, 0) is 79.3 Å². The normalized spacial score (nSPS) is 23.5. The summed E-state index contributed by atoms with van der Waals surface area (Å²) in [6, 6.07) is 6.47. The Morgan fingerprint density at radius 1 is 1.36 bits per heavy atom. The maximum absolute atomic E-state index is 13.3. The second-order valence-corrected chi connectivity index (χ2v) is 8.35. The summed E-state index contributed by atoms with van der Waals surface area (Å²) in [6.07, 6.45) is 10.0. The van der Waals surface area contributed by atoms with E-state index in [1.807, 2.05) is 17.8 Å². The van der Waals surface area contributed by atoms with E-state index in [4.69, 9.17) is 0 Å². The van der Waals surface area contributed by atoms with Gasteiger partial charge in [0.15, 0.2) is 0 Å². The number of carbonyl (C=O) groups is 1. The number of hydrogen-bond acceptors (Lipinski definition) is 2. The molecular formula is C23H28FN3O. The number of carbonyl (C=O) groups excluding carboxylic acids is 1. The molecule has 0 radical (unpaired) electrons. The summed E-state index contributed by atoms with van der Waals surface area (Å²) >= 11 is 0. The molecule has 1 amide bonds. The summed E-state index contributed by atoms with van der Waals surface area (Å²) in [5, 5.41) is 7.74. The molecule has 0 spiro atoms. The van der Waals surface area contributed by atoms with Gasteiger partial charge in [-0.3, -0.25) is 4.79 Å². The van der Waals surface area contributed by atoms with Gasteiger partial charge >= 0.3 is 0 Å². The van der Waals surface area contributed by atoms with E-state index in [2.05, 4.69) is 23.4 Å². The molecule has 4 nitrogen and oxygen atoms in total. The van der Waals surface area contributed by atoms with Gasteiger partial charge in [0.1, 0.15) is 5.82 Å². The molecule has 0 bridgehead atoms. The quantitative estimate of drug-likeness (QED) is 0.818. The number of hydrogen-bond donors (Lipinski definition) is 1. The predicted molar refractivity (Wildman–Crippen MR) is 109 cm³/mol. The molecule has 2 aromatic rings. The van der Waals surface area contributed by atoms with Crippen LogP contribution < -0.4 is 5.32 Å². The molecule has 1 N–H and O–H groups in total. The minimum absolute atomic E-state index is 0.0569. The van der Waals surface area contributed by atoms with Crippen LogP contribution in [0, 0.1) is 17.2 Å². The van der Waals surface area contributed by atoms with Crippen LogP contribution in [0.5, 0.6) is 0 Å². The van der Waals surface area contributed by atoms with Crippen LogP contribution in [0.2, 0.25) is 0 Å². The lowest BCUT2D eigenvalue weighted by Gasteiger charge is -2.46. The van der Waals surface area contributed by atoms with E-state index in [9.17, 15) is 9.18 Å². The number of fused-ring (bicyclic) bond motifs is 2. The van der Waals surface area contributed by atoms with E-state index in [0.29, 0.717) is 12.3 Å². The van der Waals surface area contributed by atoms with Crippen LogP contribution in [0.4, 0.5) is 4.39 Å². The Morgan fingerprint density at radius 2 is 2.14 bits per heavy atom. The smallest absolute Gasteiger partial charge is 0.219 e. The van der Waals surface area contributed by atoms with Gasteiger partial charge in [0.05, 0.1) is 17.6 Å². The molecule has 2 atom stereocenters. The molecular weight excluding hydrogens is 353 g/mol. The molecule has 0 aliphatic heterocycles. The van der Waals surface area contributed by atoms with Gasteiger partial charge in [0.25, 0.3) is 0 Å². The lowest BCUT2D eigenvalue weighted by molar-refractivity contribution is -0.121. The lowest BCUT2D eigenvalue weighted by Crippen LogP contribution is -2.43. The Morgan fingerprint density at radius 3 is 2.89 bits per heavy atom. The first kappa shape index (κ1) is 18.9. The average molecular weight is 381 g/mol. The van der Waals surface area contributed by atoms with Gasteiger partial charge < -0.3 is 5.32 Å². The largest absolute Gasteiger partial charge is 0.356 e. The number of nitrogens with one attached hydrogen (secondary N) is 1. The topological polar surface area (TPSA) is 46.9 Å². The molecule has 1 aromatic heterocycles. The highest BCUT2D eigenvalue weighted by Crippen LogP contribution is 2.50. The molecule has 2 unspecified atom stereocenters. The molecule has 1 aromatic carbocycles. The van der Waals surface area contributed by atoms with Crippen LogP contribution in [0.1, 0.15) is 57.2 Å². The minimum atomic E-state index is -0.240. The zero-order valence-electron chi connectivity index (χ0n) is 16.7. The zero-order chi connectivity index (χ0) is 19.7. The van der Waals surface area contributed by atoms with Crippen molar-refractivity contribution in [2.75, 3.05) is 6.54 Å². The molecule has 5 heteroatoms. The van der Waals surface area contributed by atoms with E-state index < -0.39 is 0 Å². The maximum Gasteiger partial charge on any atom is 0.219 e. The Hall–Kier alpha value is -2.43. The Labute approximate surface area is 165 Å². The number of nitrogens with zero attached hydrogens (tertiary/aromatic N) is 2. The zero-order valence-corrected chi connectivity index (χ0v) is 16.7. The Kier molecular flexibility index (Phi) is 5.09. The fourth-order valence-corrected chi connectivity index (χ4v) is 4.81. The molecule has 0 saturated heterocycles. The number of benzene rings is 1. The van der Waals surface area contributed by atoms with Crippen LogP contribution >= 0.6 is 0 Å². The molecule has 1 heterocycles. The number of allylic oxidation sites excluding steroid dienone is 1. The second kappa shape index (κ2) is 7.53. The van der Waals surface area contributed by atoms with E-state index in [1.54, 1.807) is 12.1 Å². The summed E-state index contributed by atoms with van der Waals surface area (Å²) in [5.74, 6) is 0.356. The van der Waals surface area contributed by atoms with E-state index >= 15 is 0 Å². The molecule has 1 fully saturated rings. The number of halogens is 1. The highest BCUT2D eigenvalue weighted by Gasteiger charge is 2.43. The van der Waals surface area contributed by atoms with Crippen molar-refractivity contribution in [1.82, 2.24) is 15.1 Å². The predicted octanol–water partition coefficient (Wildman–Crippen LogP) is 4.67. The summed E-state index contributed by atoms with van der Waals surface area (Å²) < 4.78 is 15.2. The first-order valence-corrected chi connectivity index (χ1v) is 10.3. The lowest BCUT2D eigenvalue weighted by atomic mass is 9.60. The van der Waals surface area contributed by atoms with Gasteiger partial charge in [-0.15, -0.1) is 0 Å². The highest BCUT2D eigenvalue weighted by atomic mass is 19.1. The Bertz CT molecular complexity index is 899. The van der Waals surface area contributed by atoms with Crippen LogP contribution in [0.3, 0.4) is 0 Å². The number of rotatable bonds is 5. The molecule has 148 valence electrons. The van der Waals surface area contributed by atoms with Crippen molar-refractivity contribution < 1.29 is 9.18 Å². The summed E-state index contributed by atoms with van der Waals surface area (Å²) in [5.41, 5.74) is 4.71. The fourth-order valence-electron chi connectivity index (χ4n) is 4.81. The van der Waals surface area contributed by atoms with Crippen LogP contribution in [-0.2, 0) is 11.2 Å². The van der Waals surface area contributed by atoms with Gasteiger partial charge in [-0.1, -0.05) is 19.4 Å². The summed E-state index contributed by atoms with van der Waals surface area (Å²) in [6.45, 7) is 5.12. The first-order chi connectivity index (χ1) is 13.5. The third kappa shape index (κ3) is 3.38. The maximum atomic E-state index is 13.3. The molecule has 2 aliphatic rings. The average Bonchev–Trinajstić information content (AvgIpc) is 3.07. The summed E-state index contributed by atoms with van der Waals surface area (Å²) in [7, 11) is 0. The van der Waals surface area contributed by atoms with Crippen molar-refractivity contribution in [1.29, 1.82) is 0 Å². The van der Waals surface area contributed by atoms with Gasteiger partial charge in [0, 0.05) is 13.0 Å². The molecule has 2 aliphatic carbocycles. The second-order valence-electron chi connectivity index (χ2n) is 8.35. The first-order valence-electron chi connectivity index (χ1n) is 10.3. The van der Waals surface area contributed by atoms with Crippen molar-refractivity contribution >= 4 is 12.0 Å². The summed E-state index contributed by atoms with van der Waals surface area (Å²) in [4.78, 5) is 12.0. The Balaban J connectivity index is 1.60. The van der Waals surface area contributed by atoms with Crippen molar-refractivity contribution in [2.24, 2.45) is 11.3 Å².